The van der Waals surface area contributed by atoms with Crippen molar-refractivity contribution in [1.29, 1.82) is 0 Å². The van der Waals surface area contributed by atoms with Crippen molar-refractivity contribution in [3.8, 4) is 0 Å². The van der Waals surface area contributed by atoms with Crippen LogP contribution < -0.4 is 5.32 Å². The summed E-state index contributed by atoms with van der Waals surface area (Å²) in [6, 6.07) is 8.68. The number of nitrogens with one attached hydrogen (secondary N) is 1. The van der Waals surface area contributed by atoms with E-state index in [4.69, 9.17) is 21.4 Å². The average Bonchev–Trinajstić information content (AvgIpc) is 2.37. The molecule has 0 heterocycles. The highest BCUT2D eigenvalue weighted by Gasteiger charge is 2.09. The van der Waals surface area contributed by atoms with Crippen LogP contribution in [0.1, 0.15) is 12.5 Å². The van der Waals surface area contributed by atoms with Crippen molar-refractivity contribution >= 4 is 23.7 Å². The maximum Gasteiger partial charge on any atom is 0.407 e. The lowest BCUT2D eigenvalue weighted by Crippen LogP contribution is -2.32. The van der Waals surface area contributed by atoms with Crippen molar-refractivity contribution in [2.24, 2.45) is 0 Å². The summed E-state index contributed by atoms with van der Waals surface area (Å²) in [6.07, 6.45) is 0.579. The molecule has 1 amide bonds. The molecule has 6 heteroatoms. The van der Waals surface area contributed by atoms with Gasteiger partial charge in [-0.2, -0.15) is 0 Å². The van der Waals surface area contributed by atoms with E-state index in [1.54, 1.807) is 6.92 Å². The molecule has 1 rings (SSSR count). The normalized spacial score (nSPS) is 12.6. The Morgan fingerprint density at radius 1 is 1.42 bits per heavy atom. The molecule has 19 heavy (non-hydrogen) atoms. The van der Waals surface area contributed by atoms with E-state index in [1.165, 1.54) is 6.08 Å². The molecule has 5 nitrogen and oxygen atoms in total. The molecule has 0 fully saturated rings. The van der Waals surface area contributed by atoms with Crippen LogP contribution in [0, 0.1) is 0 Å². The van der Waals surface area contributed by atoms with Gasteiger partial charge < -0.3 is 15.2 Å². The molecule has 2 N–H and O–H groups in total. The first-order chi connectivity index (χ1) is 8.99. The van der Waals surface area contributed by atoms with Crippen LogP contribution in [0.4, 0.5) is 4.79 Å². The summed E-state index contributed by atoms with van der Waals surface area (Å²) in [7, 11) is 0. The topological polar surface area (TPSA) is 75.6 Å². The number of amides is 1. The Morgan fingerprint density at radius 3 is 2.63 bits per heavy atom. The third kappa shape index (κ3) is 5.92. The van der Waals surface area contributed by atoms with Crippen LogP contribution in [-0.2, 0) is 16.1 Å². The molecule has 1 aromatic carbocycles. The van der Waals surface area contributed by atoms with Gasteiger partial charge >= 0.3 is 12.1 Å². The second-order valence-corrected chi connectivity index (χ2v) is 4.22. The van der Waals surface area contributed by atoms with Crippen LogP contribution in [0.25, 0.3) is 0 Å². The monoisotopic (exact) mass is 283 g/mol. The second-order valence-electron chi connectivity index (χ2n) is 3.81. The van der Waals surface area contributed by atoms with E-state index in [0.717, 1.165) is 5.56 Å². The predicted octanol–water partition coefficient (Wildman–Crippen LogP) is 2.51. The highest BCUT2D eigenvalue weighted by atomic mass is 35.5. The Bertz CT molecular complexity index is 473. The molecular formula is C13H14ClNO4. The Labute approximate surface area is 115 Å². The summed E-state index contributed by atoms with van der Waals surface area (Å²) < 4.78 is 4.97. The van der Waals surface area contributed by atoms with Gasteiger partial charge in [0.1, 0.15) is 11.6 Å². The molecule has 0 aliphatic rings. The molecule has 0 radical (unpaired) electrons. The van der Waals surface area contributed by atoms with E-state index >= 15 is 0 Å². The van der Waals surface area contributed by atoms with E-state index in [-0.39, 0.29) is 11.6 Å². The summed E-state index contributed by atoms with van der Waals surface area (Å²) in [6.45, 7) is 1.74. The molecule has 0 aliphatic heterocycles. The van der Waals surface area contributed by atoms with E-state index in [1.807, 2.05) is 30.3 Å². The second kappa shape index (κ2) is 7.43. The van der Waals surface area contributed by atoms with E-state index in [0.29, 0.717) is 0 Å². The minimum absolute atomic E-state index is 0.149. The fourth-order valence-electron chi connectivity index (χ4n) is 1.28. The lowest BCUT2D eigenvalue weighted by Gasteiger charge is -2.10. The minimum atomic E-state index is -1.24. The molecule has 0 aliphatic carbocycles. The molecule has 0 aromatic heterocycles. The fraction of sp³-hybridized carbons (Fsp3) is 0.231. The number of carbonyl (C=O) groups excluding carboxylic acids is 1. The zero-order valence-corrected chi connectivity index (χ0v) is 11.1. The largest absolute Gasteiger partial charge is 0.477 e. The van der Waals surface area contributed by atoms with Gasteiger partial charge in [0.15, 0.2) is 0 Å². The summed E-state index contributed by atoms with van der Waals surface area (Å²) >= 11 is 5.44. The third-order valence-electron chi connectivity index (χ3n) is 2.16. The third-order valence-corrected chi connectivity index (χ3v) is 2.45. The summed E-state index contributed by atoms with van der Waals surface area (Å²) in [5.74, 6) is -1.24. The van der Waals surface area contributed by atoms with Crippen molar-refractivity contribution in [2.45, 2.75) is 19.6 Å². The number of carboxylic acids is 1. The van der Waals surface area contributed by atoms with E-state index < -0.39 is 18.1 Å². The lowest BCUT2D eigenvalue weighted by atomic mass is 10.2. The predicted molar refractivity (Wildman–Crippen MR) is 70.8 cm³/mol. The van der Waals surface area contributed by atoms with Crippen LogP contribution >= 0.6 is 11.6 Å². The quantitative estimate of drug-likeness (QED) is 0.814. The van der Waals surface area contributed by atoms with Gasteiger partial charge in [-0.1, -0.05) is 41.9 Å². The first kappa shape index (κ1) is 15.0. The van der Waals surface area contributed by atoms with Gasteiger partial charge in [0.05, 0.1) is 0 Å². The van der Waals surface area contributed by atoms with Crippen LogP contribution in [0.3, 0.4) is 0 Å². The molecule has 0 spiro atoms. The Balaban J connectivity index is 2.39. The highest BCUT2D eigenvalue weighted by Crippen LogP contribution is 2.04. The molecule has 0 bridgehead atoms. The molecule has 0 saturated heterocycles. The number of hydrogen-bond donors (Lipinski definition) is 2. The number of halogens is 1. The molecule has 1 aromatic rings. The molecule has 102 valence electrons. The number of benzene rings is 1. The van der Waals surface area contributed by atoms with Gasteiger partial charge in [-0.05, 0) is 18.6 Å². The van der Waals surface area contributed by atoms with Crippen LogP contribution in [0.2, 0.25) is 0 Å². The molecule has 1 atom stereocenters. The lowest BCUT2D eigenvalue weighted by molar-refractivity contribution is -0.131. The van der Waals surface area contributed by atoms with Gasteiger partial charge in [0, 0.05) is 6.04 Å². The number of carbonyl (C=O) groups is 2. The number of aliphatic carboxylic acids is 1. The van der Waals surface area contributed by atoms with Crippen LogP contribution in [-0.4, -0.2) is 23.2 Å². The zero-order valence-electron chi connectivity index (χ0n) is 10.3. The van der Waals surface area contributed by atoms with E-state index in [9.17, 15) is 9.59 Å². The molecular weight excluding hydrogens is 270 g/mol. The Kier molecular flexibility index (Phi) is 5.89. The average molecular weight is 284 g/mol. The first-order valence-electron chi connectivity index (χ1n) is 5.57. The van der Waals surface area contributed by atoms with Gasteiger partial charge in [-0.25, -0.2) is 9.59 Å². The maximum atomic E-state index is 11.4. The molecule has 1 unspecified atom stereocenters. The first-order valence-corrected chi connectivity index (χ1v) is 5.94. The van der Waals surface area contributed by atoms with Gasteiger partial charge in [-0.3, -0.25) is 0 Å². The van der Waals surface area contributed by atoms with Crippen molar-refractivity contribution in [3.63, 3.8) is 0 Å². The zero-order chi connectivity index (χ0) is 14.3. The van der Waals surface area contributed by atoms with Crippen molar-refractivity contribution in [2.75, 3.05) is 0 Å². The van der Waals surface area contributed by atoms with Crippen LogP contribution in [0.15, 0.2) is 41.4 Å². The minimum Gasteiger partial charge on any atom is -0.477 e. The smallest absolute Gasteiger partial charge is 0.407 e. The van der Waals surface area contributed by atoms with Gasteiger partial charge in [-0.15, -0.1) is 0 Å². The number of alkyl carbamates (subject to hydrolysis) is 1. The summed E-state index contributed by atoms with van der Waals surface area (Å²) in [4.78, 5) is 21.9. The fourth-order valence-corrected chi connectivity index (χ4v) is 1.47. The number of rotatable bonds is 5. The number of carboxylic acid groups (broad SMARTS) is 1. The maximum absolute atomic E-state index is 11.4. The summed E-state index contributed by atoms with van der Waals surface area (Å²) in [5.41, 5.74) is 0.865. The summed E-state index contributed by atoms with van der Waals surface area (Å²) in [5, 5.41) is 10.7. The van der Waals surface area contributed by atoms with Crippen molar-refractivity contribution in [3.05, 3.63) is 47.0 Å². The Morgan fingerprint density at radius 2 is 2.05 bits per heavy atom. The molecule has 0 saturated carbocycles. The number of ether oxygens (including phenoxy) is 1. The van der Waals surface area contributed by atoms with Crippen molar-refractivity contribution < 1.29 is 19.4 Å². The van der Waals surface area contributed by atoms with Crippen LogP contribution in [0.5, 0.6) is 0 Å². The standard InChI is InChI=1S/C13H14ClNO4/c1-9(7-11(14)12(16)17)15-13(18)19-8-10-5-3-2-4-6-10/h2-7,9H,8H2,1H3,(H,15,18)(H,16,17)/b11-7-. The number of hydrogen-bond acceptors (Lipinski definition) is 3. The Hall–Kier alpha value is -2.01. The SMILES string of the molecule is CC(/C=C(\Cl)C(=O)O)NC(=O)OCc1ccccc1. The van der Waals surface area contributed by atoms with Crippen molar-refractivity contribution in [1.82, 2.24) is 5.32 Å². The van der Waals surface area contributed by atoms with Gasteiger partial charge in [0.2, 0.25) is 0 Å². The highest BCUT2D eigenvalue weighted by molar-refractivity contribution is 6.40. The van der Waals surface area contributed by atoms with Gasteiger partial charge in [0.25, 0.3) is 0 Å². The van der Waals surface area contributed by atoms with E-state index in [2.05, 4.69) is 5.32 Å².